The second kappa shape index (κ2) is 7.23. The Bertz CT molecular complexity index is 1060. The third kappa shape index (κ3) is 3.53. The van der Waals surface area contributed by atoms with Gasteiger partial charge in [0.25, 0.3) is 5.91 Å². The number of fused-ring (bicyclic) bond motifs is 1. The van der Waals surface area contributed by atoms with E-state index in [0.29, 0.717) is 28.0 Å². The summed E-state index contributed by atoms with van der Waals surface area (Å²) >= 11 is 10.9. The molecule has 7 heteroatoms. The number of carbonyl (C=O) groups is 1. The predicted molar refractivity (Wildman–Crippen MR) is 108 cm³/mol. The summed E-state index contributed by atoms with van der Waals surface area (Å²) in [5.74, 6) is 0.531. The number of rotatable bonds is 4. The fourth-order valence-corrected chi connectivity index (χ4v) is 4.18. The SMILES string of the molecule is O=C(c1ccc(Cl)cc1)N(Cc1ccco1)c1nc2ccc(Br)cc2s1. The van der Waals surface area contributed by atoms with Crippen LogP contribution in [0, 0.1) is 0 Å². The molecule has 0 atom stereocenters. The van der Waals surface area contributed by atoms with Crippen molar-refractivity contribution >= 4 is 60.1 Å². The molecule has 0 aliphatic carbocycles. The van der Waals surface area contributed by atoms with Gasteiger partial charge in [-0.2, -0.15) is 0 Å². The van der Waals surface area contributed by atoms with E-state index in [1.807, 2.05) is 24.3 Å². The van der Waals surface area contributed by atoms with Gasteiger partial charge in [-0.1, -0.05) is 38.9 Å². The van der Waals surface area contributed by atoms with Gasteiger partial charge < -0.3 is 4.42 Å². The first-order valence-corrected chi connectivity index (χ1v) is 9.75. The molecule has 0 saturated heterocycles. The highest BCUT2D eigenvalue weighted by Crippen LogP contribution is 2.32. The molecule has 0 aliphatic heterocycles. The molecule has 26 heavy (non-hydrogen) atoms. The Balaban J connectivity index is 1.76. The average molecular weight is 448 g/mol. The molecule has 0 aliphatic rings. The molecular weight excluding hydrogens is 436 g/mol. The predicted octanol–water partition coefficient (Wildman–Crippen LogP) is 6.15. The first-order chi connectivity index (χ1) is 12.6. The van der Waals surface area contributed by atoms with E-state index in [4.69, 9.17) is 16.0 Å². The number of benzene rings is 2. The third-order valence-corrected chi connectivity index (χ3v) is 5.59. The van der Waals surface area contributed by atoms with E-state index < -0.39 is 0 Å². The van der Waals surface area contributed by atoms with Crippen LogP contribution < -0.4 is 4.90 Å². The number of nitrogens with zero attached hydrogens (tertiary/aromatic N) is 2. The Kier molecular flexibility index (Phi) is 4.80. The number of halogens is 2. The van der Waals surface area contributed by atoms with Crippen LogP contribution in [0.3, 0.4) is 0 Å². The highest BCUT2D eigenvalue weighted by atomic mass is 79.9. The van der Waals surface area contributed by atoms with Crippen molar-refractivity contribution in [3.63, 3.8) is 0 Å². The zero-order valence-electron chi connectivity index (χ0n) is 13.4. The number of amides is 1. The molecule has 0 saturated carbocycles. The number of thiazole rings is 1. The van der Waals surface area contributed by atoms with Crippen molar-refractivity contribution in [3.8, 4) is 0 Å². The minimum Gasteiger partial charge on any atom is -0.467 e. The van der Waals surface area contributed by atoms with E-state index in [-0.39, 0.29) is 5.91 Å². The number of anilines is 1. The fraction of sp³-hybridized carbons (Fsp3) is 0.0526. The lowest BCUT2D eigenvalue weighted by atomic mass is 10.2. The van der Waals surface area contributed by atoms with Crippen molar-refractivity contribution in [1.29, 1.82) is 0 Å². The molecule has 2 aromatic heterocycles. The molecular formula is C19H12BrClN2O2S. The zero-order valence-corrected chi connectivity index (χ0v) is 16.5. The molecule has 130 valence electrons. The number of hydrogen-bond donors (Lipinski definition) is 0. The van der Waals surface area contributed by atoms with Crippen molar-refractivity contribution < 1.29 is 9.21 Å². The average Bonchev–Trinajstić information content (AvgIpc) is 3.28. The Hall–Kier alpha value is -2.15. The maximum absolute atomic E-state index is 13.1. The molecule has 2 heterocycles. The van der Waals surface area contributed by atoms with Gasteiger partial charge in [0, 0.05) is 15.1 Å². The normalized spacial score (nSPS) is 11.0. The molecule has 4 aromatic rings. The van der Waals surface area contributed by atoms with E-state index in [1.165, 1.54) is 11.3 Å². The van der Waals surface area contributed by atoms with Crippen LogP contribution in [-0.4, -0.2) is 10.9 Å². The third-order valence-electron chi connectivity index (χ3n) is 3.80. The Labute approximate surface area is 167 Å². The molecule has 4 nitrogen and oxygen atoms in total. The lowest BCUT2D eigenvalue weighted by Crippen LogP contribution is -2.30. The zero-order chi connectivity index (χ0) is 18.1. The summed E-state index contributed by atoms with van der Waals surface area (Å²) in [7, 11) is 0. The summed E-state index contributed by atoms with van der Waals surface area (Å²) in [6, 6.07) is 16.3. The van der Waals surface area contributed by atoms with Crippen LogP contribution in [0.4, 0.5) is 5.13 Å². The molecule has 1 amide bonds. The molecule has 4 rings (SSSR count). The second-order valence-electron chi connectivity index (χ2n) is 5.59. The summed E-state index contributed by atoms with van der Waals surface area (Å²) in [6.45, 7) is 0.301. The van der Waals surface area contributed by atoms with Gasteiger partial charge in [-0.05, 0) is 54.6 Å². The van der Waals surface area contributed by atoms with Crippen LogP contribution in [0.2, 0.25) is 5.02 Å². The highest BCUT2D eigenvalue weighted by Gasteiger charge is 2.22. The molecule has 0 unspecified atom stereocenters. The number of carbonyl (C=O) groups excluding carboxylic acids is 1. The van der Waals surface area contributed by atoms with Gasteiger partial charge >= 0.3 is 0 Å². The molecule has 0 fully saturated rings. The molecule has 0 radical (unpaired) electrons. The van der Waals surface area contributed by atoms with Crippen LogP contribution in [0.25, 0.3) is 10.2 Å². The molecule has 0 N–H and O–H groups in total. The minimum absolute atomic E-state index is 0.156. The van der Waals surface area contributed by atoms with E-state index in [0.717, 1.165) is 14.7 Å². The van der Waals surface area contributed by atoms with Crippen molar-refractivity contribution in [2.45, 2.75) is 6.54 Å². The summed E-state index contributed by atoms with van der Waals surface area (Å²) in [6.07, 6.45) is 1.59. The van der Waals surface area contributed by atoms with Crippen LogP contribution in [-0.2, 0) is 6.54 Å². The summed E-state index contributed by atoms with van der Waals surface area (Å²) in [5.41, 5.74) is 1.39. The van der Waals surface area contributed by atoms with Gasteiger partial charge in [0.1, 0.15) is 5.76 Å². The van der Waals surface area contributed by atoms with Gasteiger partial charge in [-0.3, -0.25) is 9.69 Å². The van der Waals surface area contributed by atoms with E-state index in [1.54, 1.807) is 41.5 Å². The van der Waals surface area contributed by atoms with Crippen molar-refractivity contribution in [2.24, 2.45) is 0 Å². The highest BCUT2D eigenvalue weighted by molar-refractivity contribution is 9.10. The fourth-order valence-electron chi connectivity index (χ4n) is 2.53. The quantitative estimate of drug-likeness (QED) is 0.377. The van der Waals surface area contributed by atoms with Gasteiger partial charge in [0.15, 0.2) is 5.13 Å². The Morgan fingerprint density at radius 3 is 2.73 bits per heavy atom. The van der Waals surface area contributed by atoms with Crippen LogP contribution in [0.1, 0.15) is 16.1 Å². The molecule has 0 bridgehead atoms. The minimum atomic E-state index is -0.156. The van der Waals surface area contributed by atoms with E-state index in [2.05, 4.69) is 20.9 Å². The first-order valence-electron chi connectivity index (χ1n) is 7.76. The lowest BCUT2D eigenvalue weighted by molar-refractivity contribution is 0.0983. The van der Waals surface area contributed by atoms with Crippen molar-refractivity contribution in [1.82, 2.24) is 4.98 Å². The Morgan fingerprint density at radius 2 is 2.00 bits per heavy atom. The van der Waals surface area contributed by atoms with Gasteiger partial charge in [-0.15, -0.1) is 0 Å². The van der Waals surface area contributed by atoms with Crippen LogP contribution in [0.15, 0.2) is 69.8 Å². The topological polar surface area (TPSA) is 46.3 Å². The standard InChI is InChI=1S/C19H12BrClN2O2S/c20-13-5-8-16-17(10-13)26-19(22-16)23(11-15-2-1-9-25-15)18(24)12-3-6-14(21)7-4-12/h1-10H,11H2. The number of hydrogen-bond acceptors (Lipinski definition) is 4. The monoisotopic (exact) mass is 446 g/mol. The summed E-state index contributed by atoms with van der Waals surface area (Å²) < 4.78 is 7.41. The van der Waals surface area contributed by atoms with Gasteiger partial charge in [0.2, 0.25) is 0 Å². The van der Waals surface area contributed by atoms with Crippen molar-refractivity contribution in [2.75, 3.05) is 4.90 Å². The van der Waals surface area contributed by atoms with Crippen LogP contribution in [0.5, 0.6) is 0 Å². The van der Waals surface area contributed by atoms with Crippen LogP contribution >= 0.6 is 38.9 Å². The van der Waals surface area contributed by atoms with Crippen molar-refractivity contribution in [3.05, 3.63) is 81.7 Å². The maximum atomic E-state index is 13.1. The van der Waals surface area contributed by atoms with Gasteiger partial charge in [-0.25, -0.2) is 4.98 Å². The lowest BCUT2D eigenvalue weighted by Gasteiger charge is -2.18. The second-order valence-corrected chi connectivity index (χ2v) is 7.95. The number of furan rings is 1. The smallest absolute Gasteiger partial charge is 0.260 e. The summed E-state index contributed by atoms with van der Waals surface area (Å²) in [4.78, 5) is 19.4. The molecule has 2 aromatic carbocycles. The molecule has 0 spiro atoms. The number of aromatic nitrogens is 1. The van der Waals surface area contributed by atoms with E-state index >= 15 is 0 Å². The summed E-state index contributed by atoms with van der Waals surface area (Å²) in [5, 5.41) is 1.21. The van der Waals surface area contributed by atoms with Gasteiger partial charge in [0.05, 0.1) is 23.0 Å². The van der Waals surface area contributed by atoms with E-state index in [9.17, 15) is 4.79 Å². The largest absolute Gasteiger partial charge is 0.467 e. The maximum Gasteiger partial charge on any atom is 0.260 e. The Morgan fingerprint density at radius 1 is 1.19 bits per heavy atom. The first kappa shape index (κ1) is 17.3.